The third-order valence-corrected chi connectivity index (χ3v) is 7.23. The Kier molecular flexibility index (Phi) is 6.11. The molecule has 0 spiro atoms. The van der Waals surface area contributed by atoms with Crippen molar-refractivity contribution in [3.05, 3.63) is 80.6 Å². The van der Waals surface area contributed by atoms with E-state index < -0.39 is 0 Å². The molecule has 0 fully saturated rings. The maximum atomic E-state index is 12.4. The monoisotopic (exact) mass is 450 g/mol. The van der Waals surface area contributed by atoms with Gasteiger partial charge in [-0.25, -0.2) is 9.67 Å². The first kappa shape index (κ1) is 21.1. The van der Waals surface area contributed by atoms with E-state index in [0.29, 0.717) is 24.3 Å². The number of thiazole rings is 1. The van der Waals surface area contributed by atoms with Gasteiger partial charge in [0.15, 0.2) is 0 Å². The van der Waals surface area contributed by atoms with E-state index in [4.69, 9.17) is 0 Å². The highest BCUT2D eigenvalue weighted by Crippen LogP contribution is 2.35. The summed E-state index contributed by atoms with van der Waals surface area (Å²) in [5, 5.41) is 10.4. The summed E-state index contributed by atoms with van der Waals surface area (Å²) < 4.78 is 1.39. The van der Waals surface area contributed by atoms with Crippen molar-refractivity contribution < 1.29 is 4.79 Å². The lowest BCUT2D eigenvalue weighted by Crippen LogP contribution is -2.32. The van der Waals surface area contributed by atoms with Crippen LogP contribution in [-0.2, 0) is 6.54 Å². The molecule has 8 heteroatoms. The molecule has 0 aliphatic carbocycles. The van der Waals surface area contributed by atoms with E-state index in [-0.39, 0.29) is 11.5 Å². The van der Waals surface area contributed by atoms with Gasteiger partial charge in [-0.15, -0.1) is 22.7 Å². The van der Waals surface area contributed by atoms with E-state index in [1.54, 1.807) is 34.8 Å². The molecule has 1 N–H and O–H groups in total. The Balaban J connectivity index is 1.48. The summed E-state index contributed by atoms with van der Waals surface area (Å²) in [6.07, 6.45) is 0. The van der Waals surface area contributed by atoms with Crippen molar-refractivity contribution >= 4 is 28.6 Å². The normalized spacial score (nSPS) is 10.9. The molecular weight excluding hydrogens is 428 g/mol. The van der Waals surface area contributed by atoms with Gasteiger partial charge in [0.05, 0.1) is 22.0 Å². The Morgan fingerprint density at radius 3 is 2.68 bits per heavy atom. The van der Waals surface area contributed by atoms with Crippen LogP contribution in [0.25, 0.3) is 20.5 Å². The number of nitrogens with one attached hydrogen (secondary N) is 1. The average Bonchev–Trinajstić information content (AvgIpc) is 3.41. The highest BCUT2D eigenvalue weighted by atomic mass is 32.1. The molecule has 3 heterocycles. The first-order chi connectivity index (χ1) is 14.9. The van der Waals surface area contributed by atoms with Crippen molar-refractivity contribution in [1.82, 2.24) is 20.1 Å². The highest BCUT2D eigenvalue weighted by Gasteiger charge is 2.14. The van der Waals surface area contributed by atoms with Crippen molar-refractivity contribution in [1.29, 1.82) is 0 Å². The van der Waals surface area contributed by atoms with Crippen LogP contribution in [0, 0.1) is 20.8 Å². The smallest absolute Gasteiger partial charge is 0.266 e. The predicted octanol–water partition coefficient (Wildman–Crippen LogP) is 4.45. The summed E-state index contributed by atoms with van der Waals surface area (Å²) in [6, 6.07) is 12.9. The summed E-state index contributed by atoms with van der Waals surface area (Å²) in [7, 11) is 0. The number of carbonyl (C=O) groups is 1. The lowest BCUT2D eigenvalue weighted by atomic mass is 10.1. The maximum absolute atomic E-state index is 12.4. The standard InChI is InChI=1S/C23H22N4O2S2/c1-14-6-7-17(13-15(14)2)22(29)24-10-11-27-20(28)9-8-18(26-27)21-16(3)25-23(31-21)19-5-4-12-30-19/h4-9,12-13H,10-11H2,1-3H3,(H,24,29). The fourth-order valence-electron chi connectivity index (χ4n) is 3.13. The van der Waals surface area contributed by atoms with Crippen LogP contribution in [0.15, 0.2) is 52.6 Å². The summed E-state index contributed by atoms with van der Waals surface area (Å²) in [5.74, 6) is -0.161. The first-order valence-electron chi connectivity index (χ1n) is 9.87. The predicted molar refractivity (Wildman–Crippen MR) is 126 cm³/mol. The maximum Gasteiger partial charge on any atom is 0.266 e. The van der Waals surface area contributed by atoms with Crippen molar-refractivity contribution in [2.75, 3.05) is 6.54 Å². The number of thiophene rings is 1. The zero-order valence-corrected chi connectivity index (χ0v) is 19.1. The van der Waals surface area contributed by atoms with Gasteiger partial charge in [-0.05, 0) is 61.5 Å². The highest BCUT2D eigenvalue weighted by molar-refractivity contribution is 7.23. The quantitative estimate of drug-likeness (QED) is 0.471. The first-order valence-corrected chi connectivity index (χ1v) is 11.6. The third-order valence-electron chi connectivity index (χ3n) is 5.01. The van der Waals surface area contributed by atoms with Gasteiger partial charge < -0.3 is 5.32 Å². The molecule has 1 amide bonds. The fourth-order valence-corrected chi connectivity index (χ4v) is 4.96. The SMILES string of the molecule is Cc1ccc(C(=O)NCCn2nc(-c3sc(-c4cccs4)nc3C)ccc2=O)cc1C. The minimum absolute atomic E-state index is 0.161. The molecule has 3 aromatic heterocycles. The van der Waals surface area contributed by atoms with Crippen molar-refractivity contribution in [3.63, 3.8) is 0 Å². The molecule has 4 rings (SSSR count). The Morgan fingerprint density at radius 1 is 1.10 bits per heavy atom. The van der Waals surface area contributed by atoms with Gasteiger partial charge >= 0.3 is 0 Å². The Labute approximate surface area is 188 Å². The lowest BCUT2D eigenvalue weighted by Gasteiger charge is -2.09. The number of nitrogens with zero attached hydrogens (tertiary/aromatic N) is 3. The number of hydrogen-bond acceptors (Lipinski definition) is 6. The fraction of sp³-hybridized carbons (Fsp3) is 0.217. The van der Waals surface area contributed by atoms with Crippen LogP contribution < -0.4 is 10.9 Å². The van der Waals surface area contributed by atoms with Crippen LogP contribution in [0.5, 0.6) is 0 Å². The number of aromatic nitrogens is 3. The van der Waals surface area contributed by atoms with E-state index in [1.807, 2.05) is 50.4 Å². The van der Waals surface area contributed by atoms with Gasteiger partial charge in [-0.3, -0.25) is 9.59 Å². The van der Waals surface area contributed by atoms with E-state index >= 15 is 0 Å². The van der Waals surface area contributed by atoms with Crippen molar-refractivity contribution in [3.8, 4) is 20.5 Å². The molecule has 1 aromatic carbocycles. The lowest BCUT2D eigenvalue weighted by molar-refractivity contribution is 0.0951. The van der Waals surface area contributed by atoms with Gasteiger partial charge in [0.1, 0.15) is 10.7 Å². The molecule has 31 heavy (non-hydrogen) atoms. The van der Waals surface area contributed by atoms with Crippen LogP contribution >= 0.6 is 22.7 Å². The van der Waals surface area contributed by atoms with E-state index in [9.17, 15) is 9.59 Å². The van der Waals surface area contributed by atoms with Gasteiger partial charge in [-0.1, -0.05) is 12.1 Å². The summed E-state index contributed by atoms with van der Waals surface area (Å²) in [4.78, 5) is 31.4. The van der Waals surface area contributed by atoms with Crippen LogP contribution in [0.4, 0.5) is 0 Å². The van der Waals surface area contributed by atoms with E-state index in [1.165, 1.54) is 10.7 Å². The molecule has 0 radical (unpaired) electrons. The number of carbonyl (C=O) groups excluding carboxylic acids is 1. The molecule has 0 saturated heterocycles. The molecule has 0 aliphatic rings. The molecule has 4 aromatic rings. The summed E-state index contributed by atoms with van der Waals surface area (Å²) in [6.45, 7) is 6.54. The van der Waals surface area contributed by atoms with Crippen LogP contribution in [0.3, 0.4) is 0 Å². The number of benzene rings is 1. The molecular formula is C23H22N4O2S2. The molecule has 0 unspecified atom stereocenters. The van der Waals surface area contributed by atoms with Crippen LogP contribution in [-0.4, -0.2) is 27.2 Å². The van der Waals surface area contributed by atoms with E-state index in [0.717, 1.165) is 31.6 Å². The van der Waals surface area contributed by atoms with Gasteiger partial charge in [0, 0.05) is 18.2 Å². The van der Waals surface area contributed by atoms with Crippen molar-refractivity contribution in [2.24, 2.45) is 0 Å². The van der Waals surface area contributed by atoms with Gasteiger partial charge in [-0.2, -0.15) is 5.10 Å². The molecule has 0 aliphatic heterocycles. The summed E-state index contributed by atoms with van der Waals surface area (Å²) in [5.41, 5.74) is 4.21. The molecule has 0 saturated carbocycles. The summed E-state index contributed by atoms with van der Waals surface area (Å²) >= 11 is 3.21. The molecule has 0 atom stereocenters. The minimum Gasteiger partial charge on any atom is -0.350 e. The number of rotatable bonds is 6. The molecule has 0 bridgehead atoms. The second-order valence-corrected chi connectivity index (χ2v) is 9.19. The number of hydrogen-bond donors (Lipinski definition) is 1. The van der Waals surface area contributed by atoms with Crippen LogP contribution in [0.1, 0.15) is 27.2 Å². The van der Waals surface area contributed by atoms with Crippen molar-refractivity contribution in [2.45, 2.75) is 27.3 Å². The number of amides is 1. The minimum atomic E-state index is -0.204. The number of aryl methyl sites for hydroxylation is 3. The molecule has 158 valence electrons. The average molecular weight is 451 g/mol. The second-order valence-electron chi connectivity index (χ2n) is 7.25. The Bertz CT molecular complexity index is 1290. The van der Waals surface area contributed by atoms with Gasteiger partial charge in [0.25, 0.3) is 11.5 Å². The zero-order valence-electron chi connectivity index (χ0n) is 17.5. The Morgan fingerprint density at radius 2 is 1.94 bits per heavy atom. The molecule has 6 nitrogen and oxygen atoms in total. The largest absolute Gasteiger partial charge is 0.350 e. The Hall–Kier alpha value is -3.10. The third kappa shape index (κ3) is 4.65. The zero-order chi connectivity index (χ0) is 22.0. The second kappa shape index (κ2) is 8.95. The van der Waals surface area contributed by atoms with E-state index in [2.05, 4.69) is 15.4 Å². The topological polar surface area (TPSA) is 76.9 Å². The van der Waals surface area contributed by atoms with Crippen LogP contribution in [0.2, 0.25) is 0 Å². The van der Waals surface area contributed by atoms with Gasteiger partial charge in [0.2, 0.25) is 0 Å².